The Labute approximate surface area is 175 Å². The van der Waals surface area contributed by atoms with E-state index >= 15 is 0 Å². The largest absolute Gasteiger partial charge is 0.357 e. The first-order valence-electron chi connectivity index (χ1n) is 10.2. The van der Waals surface area contributed by atoms with E-state index in [4.69, 9.17) is 0 Å². The van der Waals surface area contributed by atoms with Gasteiger partial charge in [0, 0.05) is 32.3 Å². The predicted molar refractivity (Wildman–Crippen MR) is 118 cm³/mol. The molecule has 3 heterocycles. The highest BCUT2D eigenvalue weighted by Crippen LogP contribution is 2.21. The second-order valence-electron chi connectivity index (χ2n) is 7.44. The molecule has 1 N–H and O–H groups in total. The SMILES string of the molecule is Cc1nc(Cc2ccccc2)sc1C(=O)NCc1ccc(N2CCCCC2)nc1. The van der Waals surface area contributed by atoms with Crippen molar-refractivity contribution in [3.8, 4) is 0 Å². The van der Waals surface area contributed by atoms with Crippen molar-refractivity contribution in [2.45, 2.75) is 39.2 Å². The van der Waals surface area contributed by atoms with Gasteiger partial charge in [0.1, 0.15) is 10.7 Å². The van der Waals surface area contributed by atoms with Crippen LogP contribution < -0.4 is 10.2 Å². The molecule has 0 bridgehead atoms. The molecule has 0 atom stereocenters. The van der Waals surface area contributed by atoms with Crippen LogP contribution in [0.25, 0.3) is 0 Å². The molecule has 0 aliphatic carbocycles. The highest BCUT2D eigenvalue weighted by atomic mass is 32.1. The van der Waals surface area contributed by atoms with Crippen LogP contribution in [0.5, 0.6) is 0 Å². The van der Waals surface area contributed by atoms with E-state index in [0.29, 0.717) is 11.4 Å². The van der Waals surface area contributed by atoms with E-state index in [0.717, 1.165) is 41.6 Å². The summed E-state index contributed by atoms with van der Waals surface area (Å²) in [4.78, 5) is 24.8. The number of pyridine rings is 1. The van der Waals surface area contributed by atoms with E-state index in [-0.39, 0.29) is 5.91 Å². The monoisotopic (exact) mass is 406 g/mol. The Kier molecular flexibility index (Phi) is 6.20. The lowest BCUT2D eigenvalue weighted by atomic mass is 10.1. The van der Waals surface area contributed by atoms with E-state index in [9.17, 15) is 4.79 Å². The number of benzene rings is 1. The number of hydrogen-bond donors (Lipinski definition) is 1. The Morgan fingerprint density at radius 1 is 1.07 bits per heavy atom. The molecule has 2 aromatic heterocycles. The van der Waals surface area contributed by atoms with E-state index in [1.54, 1.807) is 0 Å². The van der Waals surface area contributed by atoms with Crippen molar-refractivity contribution >= 4 is 23.1 Å². The van der Waals surface area contributed by atoms with Gasteiger partial charge in [0.2, 0.25) is 0 Å². The van der Waals surface area contributed by atoms with Crippen molar-refractivity contribution < 1.29 is 4.79 Å². The number of rotatable bonds is 6. The summed E-state index contributed by atoms with van der Waals surface area (Å²) in [5.74, 6) is 0.961. The summed E-state index contributed by atoms with van der Waals surface area (Å²) < 4.78 is 0. The number of nitrogens with one attached hydrogen (secondary N) is 1. The molecule has 1 aliphatic heterocycles. The Hall–Kier alpha value is -2.73. The third kappa shape index (κ3) is 5.01. The van der Waals surface area contributed by atoms with Crippen LogP contribution in [0.4, 0.5) is 5.82 Å². The fourth-order valence-electron chi connectivity index (χ4n) is 3.60. The first-order chi connectivity index (χ1) is 14.2. The molecule has 1 aliphatic rings. The third-order valence-corrected chi connectivity index (χ3v) is 6.34. The van der Waals surface area contributed by atoms with Gasteiger partial charge < -0.3 is 10.2 Å². The number of anilines is 1. The summed E-state index contributed by atoms with van der Waals surface area (Å²) in [6, 6.07) is 14.3. The number of aryl methyl sites for hydroxylation is 1. The molecule has 0 unspecified atom stereocenters. The van der Waals surface area contributed by atoms with Gasteiger partial charge >= 0.3 is 0 Å². The molecular formula is C23H26N4OS. The van der Waals surface area contributed by atoms with Crippen LogP contribution >= 0.6 is 11.3 Å². The van der Waals surface area contributed by atoms with Gasteiger partial charge in [-0.15, -0.1) is 11.3 Å². The summed E-state index contributed by atoms with van der Waals surface area (Å²) in [7, 11) is 0. The lowest BCUT2D eigenvalue weighted by Gasteiger charge is -2.27. The molecule has 1 amide bonds. The summed E-state index contributed by atoms with van der Waals surface area (Å²) in [6.45, 7) is 4.53. The number of amides is 1. The smallest absolute Gasteiger partial charge is 0.263 e. The van der Waals surface area contributed by atoms with Gasteiger partial charge in [0.05, 0.1) is 10.7 Å². The minimum Gasteiger partial charge on any atom is -0.357 e. The second kappa shape index (κ2) is 9.18. The van der Waals surface area contributed by atoms with Gasteiger partial charge in [0.15, 0.2) is 0 Å². The summed E-state index contributed by atoms with van der Waals surface area (Å²) >= 11 is 1.47. The minimum atomic E-state index is -0.0700. The standard InChI is InChI=1S/C23H26N4OS/c1-17-22(29-21(26-17)14-18-8-4-2-5-9-18)23(28)25-16-19-10-11-20(24-15-19)27-12-6-3-7-13-27/h2,4-5,8-11,15H,3,6-7,12-14,16H2,1H3,(H,25,28). The second-order valence-corrected chi connectivity index (χ2v) is 8.52. The average Bonchev–Trinajstić information content (AvgIpc) is 3.14. The van der Waals surface area contributed by atoms with Crippen LogP contribution in [0.3, 0.4) is 0 Å². The number of aromatic nitrogens is 2. The minimum absolute atomic E-state index is 0.0700. The molecule has 150 valence electrons. The zero-order valence-corrected chi connectivity index (χ0v) is 17.5. The number of piperidine rings is 1. The van der Waals surface area contributed by atoms with Crippen molar-refractivity contribution in [1.82, 2.24) is 15.3 Å². The molecule has 1 aromatic carbocycles. The van der Waals surface area contributed by atoms with Crippen LogP contribution in [0, 0.1) is 6.92 Å². The molecule has 6 heteroatoms. The predicted octanol–water partition coefficient (Wildman–Crippen LogP) is 4.36. The maximum Gasteiger partial charge on any atom is 0.263 e. The van der Waals surface area contributed by atoms with Gasteiger partial charge in [-0.1, -0.05) is 36.4 Å². The molecule has 1 fully saturated rings. The van der Waals surface area contributed by atoms with Crippen LogP contribution in [0.15, 0.2) is 48.7 Å². The maximum atomic E-state index is 12.6. The number of hydrogen-bond acceptors (Lipinski definition) is 5. The van der Waals surface area contributed by atoms with Gasteiger partial charge in [-0.3, -0.25) is 4.79 Å². The van der Waals surface area contributed by atoms with E-state index in [1.807, 2.05) is 31.3 Å². The Morgan fingerprint density at radius 3 is 2.59 bits per heavy atom. The van der Waals surface area contributed by atoms with E-state index < -0.39 is 0 Å². The molecule has 4 rings (SSSR count). The van der Waals surface area contributed by atoms with Crippen molar-refractivity contribution in [2.75, 3.05) is 18.0 Å². The maximum absolute atomic E-state index is 12.6. The Bertz CT molecular complexity index is 947. The van der Waals surface area contributed by atoms with E-state index in [1.165, 1.54) is 36.2 Å². The topological polar surface area (TPSA) is 58.1 Å². The average molecular weight is 407 g/mol. The molecule has 1 saturated heterocycles. The fraction of sp³-hybridized carbons (Fsp3) is 0.348. The van der Waals surface area contributed by atoms with Gasteiger partial charge in [-0.2, -0.15) is 0 Å². The van der Waals surface area contributed by atoms with E-state index in [2.05, 4.69) is 44.5 Å². The Morgan fingerprint density at radius 2 is 1.86 bits per heavy atom. The lowest BCUT2D eigenvalue weighted by Crippen LogP contribution is -2.30. The highest BCUT2D eigenvalue weighted by Gasteiger charge is 2.16. The zero-order valence-electron chi connectivity index (χ0n) is 16.7. The van der Waals surface area contributed by atoms with Crippen molar-refractivity contribution in [3.05, 3.63) is 75.4 Å². The molecule has 5 nitrogen and oxygen atoms in total. The molecular weight excluding hydrogens is 380 g/mol. The Balaban J connectivity index is 1.34. The number of nitrogens with zero attached hydrogens (tertiary/aromatic N) is 3. The molecule has 0 radical (unpaired) electrons. The molecule has 0 saturated carbocycles. The summed E-state index contributed by atoms with van der Waals surface area (Å²) in [5.41, 5.74) is 3.00. The van der Waals surface area contributed by atoms with Crippen molar-refractivity contribution in [3.63, 3.8) is 0 Å². The lowest BCUT2D eigenvalue weighted by molar-refractivity contribution is 0.0954. The normalized spacial score (nSPS) is 14.0. The van der Waals surface area contributed by atoms with Crippen molar-refractivity contribution in [1.29, 1.82) is 0 Å². The molecule has 29 heavy (non-hydrogen) atoms. The number of carbonyl (C=O) groups excluding carboxylic acids is 1. The van der Waals surface area contributed by atoms with Crippen LogP contribution in [-0.2, 0) is 13.0 Å². The molecule has 0 spiro atoms. The van der Waals surface area contributed by atoms with Gasteiger partial charge in [-0.25, -0.2) is 9.97 Å². The summed E-state index contributed by atoms with van der Waals surface area (Å²) in [6.07, 6.45) is 6.40. The first kappa shape index (κ1) is 19.6. The van der Waals surface area contributed by atoms with Crippen LogP contribution in [0.2, 0.25) is 0 Å². The van der Waals surface area contributed by atoms with Gasteiger partial charge in [-0.05, 0) is 43.4 Å². The zero-order chi connectivity index (χ0) is 20.1. The van der Waals surface area contributed by atoms with Crippen LogP contribution in [-0.4, -0.2) is 29.0 Å². The van der Waals surface area contributed by atoms with Crippen LogP contribution in [0.1, 0.15) is 50.8 Å². The quantitative estimate of drug-likeness (QED) is 0.661. The highest BCUT2D eigenvalue weighted by molar-refractivity contribution is 7.13. The number of carbonyl (C=O) groups is 1. The number of thiazole rings is 1. The molecule has 3 aromatic rings. The van der Waals surface area contributed by atoms with Crippen molar-refractivity contribution in [2.24, 2.45) is 0 Å². The van der Waals surface area contributed by atoms with Gasteiger partial charge in [0.25, 0.3) is 5.91 Å². The third-order valence-electron chi connectivity index (χ3n) is 5.19. The first-order valence-corrected chi connectivity index (χ1v) is 11.0. The fourth-order valence-corrected chi connectivity index (χ4v) is 4.62. The summed E-state index contributed by atoms with van der Waals surface area (Å²) in [5, 5.41) is 3.97.